The Morgan fingerprint density at radius 2 is 0.430 bits per heavy atom. The fraction of sp³-hybridized carbons (Fsp3) is 0.955. The van der Waals surface area contributed by atoms with Crippen LogP contribution in [0.2, 0.25) is 0 Å². The highest BCUT2D eigenvalue weighted by Crippen LogP contribution is 2.45. The van der Waals surface area contributed by atoms with E-state index in [1.54, 1.807) is 0 Å². The monoisotopic (exact) mass is 1560 g/mol. The smallest absolute Gasteiger partial charge is 0.462 e. The summed E-state index contributed by atoms with van der Waals surface area (Å²) in [5.74, 6) is 0.218. The van der Waals surface area contributed by atoms with Gasteiger partial charge in [-0.1, -0.05) is 414 Å². The van der Waals surface area contributed by atoms with Crippen LogP contribution in [0.1, 0.15) is 466 Å². The van der Waals surface area contributed by atoms with Crippen LogP contribution >= 0.6 is 15.6 Å². The first-order valence-electron chi connectivity index (χ1n) is 45.3. The Hall–Kier alpha value is -1.94. The van der Waals surface area contributed by atoms with E-state index < -0.39 is 97.5 Å². The van der Waals surface area contributed by atoms with Crippen LogP contribution in [0.15, 0.2) is 0 Å². The molecule has 0 aromatic carbocycles. The predicted octanol–water partition coefficient (Wildman–Crippen LogP) is 26.9. The Morgan fingerprint density at radius 1 is 0.252 bits per heavy atom. The van der Waals surface area contributed by atoms with Crippen LogP contribution in [0.4, 0.5) is 0 Å². The quantitative estimate of drug-likeness (QED) is 0.0222. The molecule has 17 nitrogen and oxygen atoms in total. The first kappa shape index (κ1) is 105. The Bertz CT molecular complexity index is 2060. The van der Waals surface area contributed by atoms with E-state index in [1.807, 2.05) is 0 Å². The highest BCUT2D eigenvalue weighted by atomic mass is 31.2. The summed E-state index contributed by atoms with van der Waals surface area (Å²) in [6.45, 7) is 12.0. The number of hydrogen-bond acceptors (Lipinski definition) is 15. The molecule has 5 atom stereocenters. The number of aliphatic hydroxyl groups is 1. The average Bonchev–Trinajstić information content (AvgIpc) is 0.902. The standard InChI is InChI=1S/C88H172O17P2/c1-8-9-10-11-12-13-14-15-16-17-18-19-20-21-22-27-30-35-42-50-57-64-71-87(92)104-83(75-98-85(90)69-62-55-48-41-34-29-26-24-23-25-28-32-38-45-52-59-66-79(2)3)77-102-106(94,95)100-73-82(89)74-101-107(96,97)103-78-84(76-99-86(91)70-63-56-49-44-37-40-47-54-61-68-81(6)7)105-88(93)72-65-58-51-43-36-31-33-39-46-53-60-67-80(4)5/h79-84,89H,8-78H2,1-7H3,(H,94,95)(H,96,97)/t82-,83-,84-/m1/s1. The Kier molecular flexibility index (Phi) is 76.6. The minimum atomic E-state index is -4.97. The number of hydrogen-bond donors (Lipinski definition) is 3. The van der Waals surface area contributed by atoms with Crippen LogP contribution in [0.25, 0.3) is 0 Å². The van der Waals surface area contributed by atoms with Gasteiger partial charge in [-0.3, -0.25) is 37.3 Å². The molecule has 0 fully saturated rings. The van der Waals surface area contributed by atoms with E-state index in [9.17, 15) is 43.2 Å². The molecule has 0 rings (SSSR count). The number of esters is 4. The van der Waals surface area contributed by atoms with E-state index in [2.05, 4.69) is 48.5 Å². The normalized spacial score (nSPS) is 13.8. The van der Waals surface area contributed by atoms with Gasteiger partial charge in [0.05, 0.1) is 26.4 Å². The van der Waals surface area contributed by atoms with E-state index in [1.165, 1.54) is 276 Å². The number of rotatable bonds is 86. The molecule has 0 heterocycles. The van der Waals surface area contributed by atoms with Crippen LogP contribution < -0.4 is 0 Å². The van der Waals surface area contributed by atoms with Gasteiger partial charge in [0.25, 0.3) is 0 Å². The van der Waals surface area contributed by atoms with Crippen LogP contribution in [-0.2, 0) is 65.4 Å². The molecular formula is C88H172O17P2. The zero-order valence-electron chi connectivity index (χ0n) is 70.6. The largest absolute Gasteiger partial charge is 0.472 e. The molecule has 19 heteroatoms. The maximum absolute atomic E-state index is 13.2. The van der Waals surface area contributed by atoms with Crippen molar-refractivity contribution in [1.29, 1.82) is 0 Å². The van der Waals surface area contributed by atoms with Crippen molar-refractivity contribution in [3.05, 3.63) is 0 Å². The molecule has 0 saturated carbocycles. The van der Waals surface area contributed by atoms with Gasteiger partial charge in [-0.05, 0) is 43.4 Å². The van der Waals surface area contributed by atoms with E-state index in [0.29, 0.717) is 25.7 Å². The molecule has 3 N–H and O–H groups in total. The zero-order valence-corrected chi connectivity index (χ0v) is 72.4. The summed E-state index contributed by atoms with van der Waals surface area (Å²) >= 11 is 0. The number of phosphoric ester groups is 2. The molecule has 107 heavy (non-hydrogen) atoms. The van der Waals surface area contributed by atoms with Gasteiger partial charge >= 0.3 is 39.5 Å². The number of unbranched alkanes of at least 4 members (excludes halogenated alkanes) is 54. The lowest BCUT2D eigenvalue weighted by atomic mass is 10.0. The first-order chi connectivity index (χ1) is 51.7. The van der Waals surface area contributed by atoms with Gasteiger partial charge in [-0.2, -0.15) is 0 Å². The van der Waals surface area contributed by atoms with Gasteiger partial charge in [-0.25, -0.2) is 9.13 Å². The highest BCUT2D eigenvalue weighted by molar-refractivity contribution is 7.47. The third-order valence-electron chi connectivity index (χ3n) is 20.6. The van der Waals surface area contributed by atoms with E-state index in [4.69, 9.17) is 37.0 Å². The van der Waals surface area contributed by atoms with Crippen molar-refractivity contribution < 1.29 is 80.2 Å². The number of phosphoric acid groups is 2. The minimum Gasteiger partial charge on any atom is -0.462 e. The van der Waals surface area contributed by atoms with Crippen molar-refractivity contribution in [3.63, 3.8) is 0 Å². The number of aliphatic hydroxyl groups excluding tert-OH is 1. The van der Waals surface area contributed by atoms with Gasteiger partial charge in [0.1, 0.15) is 19.3 Å². The second-order valence-electron chi connectivity index (χ2n) is 33.1. The SMILES string of the molecule is CCCCCCCCCCCCCCCCCCCCCCCCC(=O)O[C@H](COC(=O)CCCCCCCCCCCCCCCCCCC(C)C)COP(=O)(O)OC[C@@H](O)COP(=O)(O)OC[C@@H](COC(=O)CCCCCCCCCCCC(C)C)OC(=O)CCCCCCCCCCCCCC(C)C. The molecule has 2 unspecified atom stereocenters. The molecule has 0 aliphatic rings. The van der Waals surface area contributed by atoms with Crippen LogP contribution in [-0.4, -0.2) is 96.7 Å². The minimum absolute atomic E-state index is 0.106. The summed E-state index contributed by atoms with van der Waals surface area (Å²) < 4.78 is 69.0. The van der Waals surface area contributed by atoms with Gasteiger partial charge in [-0.15, -0.1) is 0 Å². The second kappa shape index (κ2) is 78.0. The molecule has 0 aromatic rings. The van der Waals surface area contributed by atoms with Crippen LogP contribution in [0.5, 0.6) is 0 Å². The number of ether oxygens (including phenoxy) is 4. The second-order valence-corrected chi connectivity index (χ2v) is 36.0. The van der Waals surface area contributed by atoms with Crippen molar-refractivity contribution in [1.82, 2.24) is 0 Å². The molecule has 0 aliphatic carbocycles. The van der Waals surface area contributed by atoms with Crippen molar-refractivity contribution in [2.45, 2.75) is 484 Å². The fourth-order valence-corrected chi connectivity index (χ4v) is 15.3. The zero-order chi connectivity index (χ0) is 78.6. The van der Waals surface area contributed by atoms with Crippen LogP contribution in [0, 0.1) is 17.8 Å². The summed E-state index contributed by atoms with van der Waals surface area (Å²) in [4.78, 5) is 73.3. The summed E-state index contributed by atoms with van der Waals surface area (Å²) in [7, 11) is -9.93. The van der Waals surface area contributed by atoms with Crippen molar-refractivity contribution in [3.8, 4) is 0 Å². The topological polar surface area (TPSA) is 237 Å². The molecule has 0 radical (unpaired) electrons. The molecule has 636 valence electrons. The Labute approximate surface area is 658 Å². The lowest BCUT2D eigenvalue weighted by Gasteiger charge is -2.21. The van der Waals surface area contributed by atoms with Gasteiger partial charge in [0, 0.05) is 25.7 Å². The summed E-state index contributed by atoms with van der Waals surface area (Å²) in [5, 5.41) is 10.7. The van der Waals surface area contributed by atoms with Crippen molar-refractivity contribution in [2.24, 2.45) is 17.8 Å². The first-order valence-corrected chi connectivity index (χ1v) is 48.3. The third-order valence-corrected chi connectivity index (χ3v) is 22.5. The van der Waals surface area contributed by atoms with E-state index in [0.717, 1.165) is 108 Å². The summed E-state index contributed by atoms with van der Waals surface area (Å²) in [5.41, 5.74) is 0. The molecule has 0 aromatic heterocycles. The maximum atomic E-state index is 13.2. The third kappa shape index (κ3) is 81.9. The molecule has 0 bridgehead atoms. The summed E-state index contributed by atoms with van der Waals surface area (Å²) in [6.07, 6.45) is 69.6. The molecule has 0 spiro atoms. The Balaban J connectivity index is 5.24. The highest BCUT2D eigenvalue weighted by Gasteiger charge is 2.31. The summed E-state index contributed by atoms with van der Waals surface area (Å²) in [6, 6.07) is 0. The van der Waals surface area contributed by atoms with Crippen molar-refractivity contribution in [2.75, 3.05) is 39.6 Å². The predicted molar refractivity (Wildman–Crippen MR) is 441 cm³/mol. The number of carbonyl (C=O) groups excluding carboxylic acids is 4. The van der Waals surface area contributed by atoms with Gasteiger partial charge < -0.3 is 33.8 Å². The van der Waals surface area contributed by atoms with E-state index >= 15 is 0 Å². The number of carbonyl (C=O) groups is 4. The average molecular weight is 1560 g/mol. The molecule has 0 aliphatic heterocycles. The molecule has 0 saturated heterocycles. The molecule has 0 amide bonds. The lowest BCUT2D eigenvalue weighted by molar-refractivity contribution is -0.161. The van der Waals surface area contributed by atoms with Crippen molar-refractivity contribution >= 4 is 39.5 Å². The van der Waals surface area contributed by atoms with Crippen LogP contribution in [0.3, 0.4) is 0 Å². The fourth-order valence-electron chi connectivity index (χ4n) is 13.7. The molecular weight excluding hydrogens is 1390 g/mol. The maximum Gasteiger partial charge on any atom is 0.472 e. The van der Waals surface area contributed by atoms with Gasteiger partial charge in [0.15, 0.2) is 12.2 Å². The van der Waals surface area contributed by atoms with E-state index in [-0.39, 0.29) is 25.7 Å². The van der Waals surface area contributed by atoms with Gasteiger partial charge in [0.2, 0.25) is 0 Å². The Morgan fingerprint density at radius 3 is 0.636 bits per heavy atom. The lowest BCUT2D eigenvalue weighted by Crippen LogP contribution is -2.30.